The van der Waals surface area contributed by atoms with E-state index in [4.69, 9.17) is 0 Å². The van der Waals surface area contributed by atoms with Crippen molar-refractivity contribution in [1.82, 2.24) is 30.4 Å². The van der Waals surface area contributed by atoms with Crippen molar-refractivity contribution in [3.05, 3.63) is 87.8 Å². The second-order valence-corrected chi connectivity index (χ2v) is 8.72. The molecule has 0 aliphatic heterocycles. The Labute approximate surface area is 205 Å². The Balaban J connectivity index is 1.33. The van der Waals surface area contributed by atoms with Crippen LogP contribution in [0.2, 0.25) is 0 Å². The highest BCUT2D eigenvalue weighted by atomic mass is 16.3. The molecule has 0 atom stereocenters. The molecule has 0 unspecified atom stereocenters. The number of hydrogen-bond acceptors (Lipinski definition) is 7. The lowest BCUT2D eigenvalue weighted by molar-refractivity contribution is 0.478. The van der Waals surface area contributed by atoms with Crippen LogP contribution in [0.4, 0.5) is 11.4 Å². The van der Waals surface area contributed by atoms with E-state index in [1.165, 1.54) is 15.8 Å². The van der Waals surface area contributed by atoms with Crippen molar-refractivity contribution in [2.24, 2.45) is 10.2 Å². The van der Waals surface area contributed by atoms with E-state index in [0.717, 1.165) is 36.1 Å². The van der Waals surface area contributed by atoms with Gasteiger partial charge in [0, 0.05) is 11.1 Å². The van der Waals surface area contributed by atoms with E-state index in [1.807, 2.05) is 30.3 Å². The molecule has 0 radical (unpaired) electrons. The summed E-state index contributed by atoms with van der Waals surface area (Å²) >= 11 is 0. The number of aryl methyl sites for hydroxylation is 3. The van der Waals surface area contributed by atoms with Gasteiger partial charge in [-0.1, -0.05) is 36.4 Å². The number of azo groups is 1. The number of hydrogen-bond donors (Lipinski definition) is 3. The summed E-state index contributed by atoms with van der Waals surface area (Å²) in [6, 6.07) is 18.7. The summed E-state index contributed by atoms with van der Waals surface area (Å²) < 4.78 is 1.49. The molecule has 36 heavy (non-hydrogen) atoms. The summed E-state index contributed by atoms with van der Waals surface area (Å²) in [4.78, 5) is 13.1. The van der Waals surface area contributed by atoms with Crippen molar-refractivity contribution in [3.8, 4) is 34.0 Å². The molecule has 2 heterocycles. The number of para-hydroxylation sites is 1. The van der Waals surface area contributed by atoms with Crippen LogP contribution in [0.5, 0.6) is 5.75 Å². The first-order valence-electron chi connectivity index (χ1n) is 11.6. The molecule has 0 saturated carbocycles. The van der Waals surface area contributed by atoms with Crippen LogP contribution in [-0.2, 0) is 12.8 Å². The number of aromatic nitrogens is 6. The van der Waals surface area contributed by atoms with Crippen molar-refractivity contribution in [1.29, 1.82) is 0 Å². The van der Waals surface area contributed by atoms with Crippen LogP contribution in [0, 0.1) is 6.92 Å². The molecule has 2 aromatic heterocycles. The van der Waals surface area contributed by atoms with Gasteiger partial charge in [0.25, 0.3) is 5.56 Å². The molecular formula is C26H22N8O2. The van der Waals surface area contributed by atoms with E-state index in [0.29, 0.717) is 17.1 Å². The molecule has 0 fully saturated rings. The van der Waals surface area contributed by atoms with Crippen molar-refractivity contribution in [2.75, 3.05) is 0 Å². The minimum Gasteiger partial charge on any atom is -0.505 e. The zero-order chi connectivity index (χ0) is 24.6. The summed E-state index contributed by atoms with van der Waals surface area (Å²) in [5, 5.41) is 36.5. The SMILES string of the molecule is Cc1[nH]n(-c2ccc3c(c2)CCC3)c(=O)c1N=Nc1cccc(-c2cccc(-c3nn[nH]n3)c2)c1O. The lowest BCUT2D eigenvalue weighted by Crippen LogP contribution is -2.14. The molecule has 5 aromatic rings. The second kappa shape index (κ2) is 8.73. The topological polar surface area (TPSA) is 137 Å². The third-order valence-electron chi connectivity index (χ3n) is 6.43. The van der Waals surface area contributed by atoms with E-state index < -0.39 is 0 Å². The predicted molar refractivity (Wildman–Crippen MR) is 134 cm³/mol. The van der Waals surface area contributed by atoms with Crippen molar-refractivity contribution in [2.45, 2.75) is 26.2 Å². The molecule has 0 amide bonds. The molecule has 3 N–H and O–H groups in total. The summed E-state index contributed by atoms with van der Waals surface area (Å²) in [5.74, 6) is 0.411. The Hall–Kier alpha value is -4.86. The number of rotatable bonds is 5. The summed E-state index contributed by atoms with van der Waals surface area (Å²) in [6.45, 7) is 1.78. The van der Waals surface area contributed by atoms with Gasteiger partial charge in [-0.3, -0.25) is 9.89 Å². The van der Waals surface area contributed by atoms with Gasteiger partial charge in [0.1, 0.15) is 5.69 Å². The molecule has 178 valence electrons. The smallest absolute Gasteiger partial charge is 0.299 e. The molecule has 0 saturated heterocycles. The number of nitrogens with one attached hydrogen (secondary N) is 2. The number of phenols is 1. The molecule has 1 aliphatic carbocycles. The fourth-order valence-electron chi connectivity index (χ4n) is 4.59. The number of fused-ring (bicyclic) bond motifs is 1. The van der Waals surface area contributed by atoms with Gasteiger partial charge in [-0.2, -0.15) is 5.21 Å². The maximum absolute atomic E-state index is 13.1. The molecule has 10 heteroatoms. The molecule has 0 spiro atoms. The number of aromatic amines is 2. The Morgan fingerprint density at radius 3 is 2.67 bits per heavy atom. The van der Waals surface area contributed by atoms with E-state index in [-0.39, 0.29) is 22.7 Å². The van der Waals surface area contributed by atoms with Gasteiger partial charge in [0.15, 0.2) is 11.4 Å². The first-order valence-corrected chi connectivity index (χ1v) is 11.6. The van der Waals surface area contributed by atoms with Gasteiger partial charge < -0.3 is 5.11 Å². The molecule has 0 bridgehead atoms. The Kier molecular flexibility index (Phi) is 5.25. The minimum absolute atomic E-state index is 0.0429. The highest BCUT2D eigenvalue weighted by Gasteiger charge is 2.17. The molecule has 10 nitrogen and oxygen atoms in total. The standard InChI is InChI=1S/C26H22N8O2/c1-15-23(26(36)34(31-15)20-12-11-16-5-2-6-17(16)14-20)28-27-22-10-4-9-21(24(22)35)18-7-3-8-19(13-18)25-29-32-33-30-25/h3-4,7-14,31,35H,2,5-6H2,1H3,(H,29,30,32,33). The van der Waals surface area contributed by atoms with E-state index in [2.05, 4.69) is 48.1 Å². The monoisotopic (exact) mass is 478 g/mol. The highest BCUT2D eigenvalue weighted by molar-refractivity contribution is 5.78. The minimum atomic E-state index is -0.294. The quantitative estimate of drug-likeness (QED) is 0.308. The van der Waals surface area contributed by atoms with Gasteiger partial charge in [-0.25, -0.2) is 4.68 Å². The van der Waals surface area contributed by atoms with Crippen LogP contribution in [-0.4, -0.2) is 35.5 Å². The van der Waals surface area contributed by atoms with Crippen molar-refractivity contribution >= 4 is 11.4 Å². The van der Waals surface area contributed by atoms with Crippen LogP contribution in [0.15, 0.2) is 75.7 Å². The Morgan fingerprint density at radius 1 is 0.972 bits per heavy atom. The molecule has 6 rings (SSSR count). The Bertz CT molecular complexity index is 1660. The summed E-state index contributed by atoms with van der Waals surface area (Å²) in [5.41, 5.74) is 6.21. The third-order valence-corrected chi connectivity index (χ3v) is 6.43. The molecule has 1 aliphatic rings. The first-order chi connectivity index (χ1) is 17.6. The lowest BCUT2D eigenvalue weighted by atomic mass is 10.0. The normalized spacial score (nSPS) is 12.9. The van der Waals surface area contributed by atoms with E-state index in [1.54, 1.807) is 25.1 Å². The largest absolute Gasteiger partial charge is 0.505 e. The van der Waals surface area contributed by atoms with Crippen LogP contribution in [0.3, 0.4) is 0 Å². The van der Waals surface area contributed by atoms with Crippen LogP contribution < -0.4 is 5.56 Å². The highest BCUT2D eigenvalue weighted by Crippen LogP contribution is 2.38. The van der Waals surface area contributed by atoms with Crippen LogP contribution in [0.1, 0.15) is 23.2 Å². The van der Waals surface area contributed by atoms with Gasteiger partial charge >= 0.3 is 0 Å². The first kappa shape index (κ1) is 21.7. The summed E-state index contributed by atoms with van der Waals surface area (Å²) in [7, 11) is 0. The third kappa shape index (κ3) is 3.78. The number of benzene rings is 3. The fraction of sp³-hybridized carbons (Fsp3) is 0.154. The molecule has 3 aromatic carbocycles. The maximum atomic E-state index is 13.1. The molecular weight excluding hydrogens is 456 g/mol. The number of aromatic hydroxyl groups is 1. The lowest BCUT2D eigenvalue weighted by Gasteiger charge is -2.07. The average molecular weight is 479 g/mol. The van der Waals surface area contributed by atoms with E-state index >= 15 is 0 Å². The van der Waals surface area contributed by atoms with E-state index in [9.17, 15) is 9.90 Å². The number of nitrogens with zero attached hydrogens (tertiary/aromatic N) is 6. The number of H-pyrrole nitrogens is 2. The predicted octanol–water partition coefficient (Wildman–Crippen LogP) is 4.93. The van der Waals surface area contributed by atoms with Gasteiger partial charge in [0.2, 0.25) is 5.82 Å². The van der Waals surface area contributed by atoms with Crippen molar-refractivity contribution < 1.29 is 5.11 Å². The van der Waals surface area contributed by atoms with Gasteiger partial charge in [-0.15, -0.1) is 20.4 Å². The van der Waals surface area contributed by atoms with Gasteiger partial charge in [-0.05, 0) is 72.4 Å². The number of phenolic OH excluding ortho intramolecular Hbond substituents is 1. The zero-order valence-corrected chi connectivity index (χ0v) is 19.4. The maximum Gasteiger partial charge on any atom is 0.299 e. The van der Waals surface area contributed by atoms with Crippen molar-refractivity contribution in [3.63, 3.8) is 0 Å². The average Bonchev–Trinajstić information content (AvgIpc) is 3.65. The van der Waals surface area contributed by atoms with Crippen LogP contribution in [0.25, 0.3) is 28.2 Å². The Morgan fingerprint density at radius 2 is 1.81 bits per heavy atom. The summed E-state index contributed by atoms with van der Waals surface area (Å²) in [6.07, 6.45) is 3.25. The van der Waals surface area contributed by atoms with Gasteiger partial charge in [0.05, 0.1) is 11.4 Å². The van der Waals surface area contributed by atoms with Crippen LogP contribution >= 0.6 is 0 Å². The fourth-order valence-corrected chi connectivity index (χ4v) is 4.59. The second-order valence-electron chi connectivity index (χ2n) is 8.72. The number of tetrazole rings is 1. The zero-order valence-electron chi connectivity index (χ0n) is 19.4.